The lowest BCUT2D eigenvalue weighted by Crippen LogP contribution is -2.25. The zero-order valence-electron chi connectivity index (χ0n) is 9.53. The Balaban J connectivity index is 3.14. The molecule has 0 fully saturated rings. The van der Waals surface area contributed by atoms with E-state index < -0.39 is 17.4 Å². The van der Waals surface area contributed by atoms with E-state index in [0.717, 1.165) is 0 Å². The molecule has 6 heteroatoms. The average Bonchev–Trinajstić information content (AvgIpc) is 2.16. The highest BCUT2D eigenvalue weighted by Crippen LogP contribution is 2.15. The van der Waals surface area contributed by atoms with Crippen LogP contribution < -0.4 is 11.3 Å². The normalized spacial score (nSPS) is 12.2. The van der Waals surface area contributed by atoms with Gasteiger partial charge in [0.25, 0.3) is 5.56 Å². The van der Waals surface area contributed by atoms with E-state index in [0.29, 0.717) is 11.3 Å². The Morgan fingerprint density at radius 3 is 2.75 bits per heavy atom. The van der Waals surface area contributed by atoms with Gasteiger partial charge >= 0.3 is 5.97 Å². The van der Waals surface area contributed by atoms with Crippen molar-refractivity contribution in [3.05, 3.63) is 21.6 Å². The Labute approximate surface area is 92.8 Å². The zero-order valence-corrected chi connectivity index (χ0v) is 9.53. The van der Waals surface area contributed by atoms with Crippen molar-refractivity contribution in [1.82, 2.24) is 9.97 Å². The van der Waals surface area contributed by atoms with Crippen molar-refractivity contribution in [1.29, 1.82) is 0 Å². The summed E-state index contributed by atoms with van der Waals surface area (Å²) in [6.45, 7) is 5.23. The van der Waals surface area contributed by atoms with Gasteiger partial charge in [0.1, 0.15) is 0 Å². The lowest BCUT2D eigenvalue weighted by Gasteiger charge is -2.11. The molecule has 0 saturated carbocycles. The van der Waals surface area contributed by atoms with E-state index in [4.69, 9.17) is 10.5 Å². The first kappa shape index (κ1) is 12.2. The van der Waals surface area contributed by atoms with Gasteiger partial charge in [0, 0.05) is 0 Å². The molecule has 0 saturated heterocycles. The smallest absolute Gasteiger partial charge is 0.313 e. The Kier molecular flexibility index (Phi) is 3.65. The van der Waals surface area contributed by atoms with Crippen molar-refractivity contribution in [3.8, 4) is 0 Å². The summed E-state index contributed by atoms with van der Waals surface area (Å²) in [6, 6.07) is 0. The number of hydrogen-bond donors (Lipinski definition) is 2. The molecule has 88 valence electrons. The molecule has 0 aliphatic carbocycles. The summed E-state index contributed by atoms with van der Waals surface area (Å²) in [7, 11) is 0. The average molecular weight is 225 g/mol. The number of nitrogens with one attached hydrogen (secondary N) is 1. The molecule has 1 atom stereocenters. The largest absolute Gasteiger partial charge is 0.466 e. The molecule has 1 rings (SSSR count). The van der Waals surface area contributed by atoms with Gasteiger partial charge < -0.3 is 10.5 Å². The van der Waals surface area contributed by atoms with Crippen molar-refractivity contribution < 1.29 is 9.53 Å². The predicted molar refractivity (Wildman–Crippen MR) is 59.1 cm³/mol. The highest BCUT2D eigenvalue weighted by atomic mass is 16.5. The number of nitrogen functional groups attached to an aromatic ring is 1. The number of H-pyrrole nitrogens is 1. The van der Waals surface area contributed by atoms with Crippen molar-refractivity contribution >= 4 is 11.9 Å². The molecule has 0 amide bonds. The number of aryl methyl sites for hydroxylation is 1. The van der Waals surface area contributed by atoms with Gasteiger partial charge in [-0.2, -0.15) is 0 Å². The Hall–Kier alpha value is -1.85. The van der Waals surface area contributed by atoms with Crippen molar-refractivity contribution in [2.75, 3.05) is 12.3 Å². The van der Waals surface area contributed by atoms with E-state index >= 15 is 0 Å². The van der Waals surface area contributed by atoms with Gasteiger partial charge in [0.2, 0.25) is 5.95 Å². The van der Waals surface area contributed by atoms with Gasteiger partial charge in [-0.15, -0.1) is 0 Å². The summed E-state index contributed by atoms with van der Waals surface area (Å²) in [5.41, 5.74) is 5.73. The number of carbonyl (C=O) groups excluding carboxylic acids is 1. The number of ether oxygens (including phenoxy) is 1. The molecule has 0 radical (unpaired) electrons. The third-order valence-corrected chi connectivity index (χ3v) is 2.24. The molecular formula is C10H15N3O3. The Morgan fingerprint density at radius 2 is 2.25 bits per heavy atom. The zero-order chi connectivity index (χ0) is 12.3. The van der Waals surface area contributed by atoms with Gasteiger partial charge in [-0.1, -0.05) is 0 Å². The molecule has 0 aliphatic rings. The first-order chi connectivity index (χ1) is 7.47. The molecule has 1 aromatic heterocycles. The molecule has 1 heterocycles. The summed E-state index contributed by atoms with van der Waals surface area (Å²) < 4.78 is 4.85. The summed E-state index contributed by atoms with van der Waals surface area (Å²) in [6.07, 6.45) is 0. The van der Waals surface area contributed by atoms with E-state index in [1.807, 2.05) is 0 Å². The molecule has 0 unspecified atom stereocenters. The van der Waals surface area contributed by atoms with E-state index in [-0.39, 0.29) is 12.6 Å². The van der Waals surface area contributed by atoms with Crippen molar-refractivity contribution in [3.63, 3.8) is 0 Å². The van der Waals surface area contributed by atoms with Crippen LogP contribution in [-0.4, -0.2) is 22.5 Å². The number of aromatic nitrogens is 2. The molecule has 0 spiro atoms. The molecule has 1 aromatic rings. The van der Waals surface area contributed by atoms with Crippen LogP contribution in [0.2, 0.25) is 0 Å². The van der Waals surface area contributed by atoms with E-state index in [9.17, 15) is 9.59 Å². The standard InChI is InChI=1S/C10H15N3O3/c1-4-16-9(15)5(2)7-6(3)12-10(11)13-8(7)14/h5H,4H2,1-3H3,(H3,11,12,13,14)/t5-/m1/s1. The molecule has 3 N–H and O–H groups in total. The van der Waals surface area contributed by atoms with E-state index in [2.05, 4.69) is 9.97 Å². The minimum atomic E-state index is -0.642. The first-order valence-electron chi connectivity index (χ1n) is 5.00. The highest BCUT2D eigenvalue weighted by molar-refractivity contribution is 5.77. The third-order valence-electron chi connectivity index (χ3n) is 2.24. The number of aromatic amines is 1. The number of nitrogens with zero attached hydrogens (tertiary/aromatic N) is 1. The summed E-state index contributed by atoms with van der Waals surface area (Å²) in [4.78, 5) is 29.4. The number of hydrogen-bond acceptors (Lipinski definition) is 5. The lowest BCUT2D eigenvalue weighted by molar-refractivity contribution is -0.144. The van der Waals surface area contributed by atoms with E-state index in [1.165, 1.54) is 0 Å². The fraction of sp³-hybridized carbons (Fsp3) is 0.500. The van der Waals surface area contributed by atoms with Gasteiger partial charge in [0.15, 0.2) is 0 Å². The molecule has 0 aromatic carbocycles. The summed E-state index contributed by atoms with van der Waals surface area (Å²) >= 11 is 0. The van der Waals surface area contributed by atoms with Crippen LogP contribution in [0.4, 0.5) is 5.95 Å². The number of rotatable bonds is 3. The van der Waals surface area contributed by atoms with Gasteiger partial charge in [0.05, 0.1) is 23.8 Å². The minimum absolute atomic E-state index is 0.0438. The SMILES string of the molecule is CCOC(=O)[C@H](C)c1c(C)nc(N)[nH]c1=O. The van der Waals surface area contributed by atoms with Crippen LogP contribution in [0.15, 0.2) is 4.79 Å². The van der Waals surface area contributed by atoms with Gasteiger partial charge in [-0.05, 0) is 20.8 Å². The van der Waals surface area contributed by atoms with Crippen molar-refractivity contribution in [2.24, 2.45) is 0 Å². The van der Waals surface area contributed by atoms with Gasteiger partial charge in [-0.25, -0.2) is 4.98 Å². The second-order valence-electron chi connectivity index (χ2n) is 3.42. The topological polar surface area (TPSA) is 98.1 Å². The summed E-state index contributed by atoms with van der Waals surface area (Å²) in [5.74, 6) is -1.04. The first-order valence-corrected chi connectivity index (χ1v) is 5.00. The number of nitrogens with two attached hydrogens (primary N) is 1. The number of carbonyl (C=O) groups is 1. The van der Waals surface area contributed by atoms with Crippen LogP contribution in [0, 0.1) is 6.92 Å². The molecule has 0 bridgehead atoms. The number of anilines is 1. The molecule has 6 nitrogen and oxygen atoms in total. The van der Waals surface area contributed by atoms with Crippen LogP contribution in [0.5, 0.6) is 0 Å². The van der Waals surface area contributed by atoms with E-state index in [1.54, 1.807) is 20.8 Å². The third kappa shape index (κ3) is 2.39. The van der Waals surface area contributed by atoms with Crippen molar-refractivity contribution in [2.45, 2.75) is 26.7 Å². The minimum Gasteiger partial charge on any atom is -0.466 e. The monoisotopic (exact) mass is 225 g/mol. The second kappa shape index (κ2) is 4.78. The Morgan fingerprint density at radius 1 is 1.62 bits per heavy atom. The van der Waals surface area contributed by atoms with Crippen LogP contribution in [0.1, 0.15) is 31.0 Å². The Bertz CT molecular complexity index is 453. The van der Waals surface area contributed by atoms with Crippen LogP contribution >= 0.6 is 0 Å². The van der Waals surface area contributed by atoms with Crippen LogP contribution in [0.25, 0.3) is 0 Å². The van der Waals surface area contributed by atoms with Crippen LogP contribution in [-0.2, 0) is 9.53 Å². The fourth-order valence-corrected chi connectivity index (χ4v) is 1.51. The summed E-state index contributed by atoms with van der Waals surface area (Å²) in [5, 5.41) is 0. The molecule has 16 heavy (non-hydrogen) atoms. The highest BCUT2D eigenvalue weighted by Gasteiger charge is 2.22. The molecular weight excluding hydrogens is 210 g/mol. The maximum absolute atomic E-state index is 11.6. The number of esters is 1. The molecule has 0 aliphatic heterocycles. The maximum Gasteiger partial charge on any atom is 0.313 e. The maximum atomic E-state index is 11.6. The van der Waals surface area contributed by atoms with Crippen LogP contribution in [0.3, 0.4) is 0 Å². The quantitative estimate of drug-likeness (QED) is 0.722. The fourth-order valence-electron chi connectivity index (χ4n) is 1.51. The lowest BCUT2D eigenvalue weighted by atomic mass is 10.0. The predicted octanol–water partition coefficient (Wildman–Crippen LogP) is 0.327. The second-order valence-corrected chi connectivity index (χ2v) is 3.42. The van der Waals surface area contributed by atoms with Gasteiger partial charge in [-0.3, -0.25) is 14.6 Å².